The second-order valence-electron chi connectivity index (χ2n) is 6.09. The Balaban J connectivity index is 3.11. The fraction of sp³-hybridized carbons (Fsp3) is 0.500. The monoisotopic (exact) mass is 317 g/mol. The first kappa shape index (κ1) is 17.6. The highest BCUT2D eigenvalue weighted by Gasteiger charge is 2.22. The number of carbonyl (C=O) groups is 1. The van der Waals surface area contributed by atoms with Crippen molar-refractivity contribution in [3.8, 4) is 0 Å². The first-order valence-corrected chi connectivity index (χ1v) is 7.95. The fourth-order valence-corrected chi connectivity index (χ4v) is 3.00. The Morgan fingerprint density at radius 2 is 1.90 bits per heavy atom. The molecule has 1 rings (SSSR count). The van der Waals surface area contributed by atoms with Gasteiger partial charge in [-0.05, 0) is 30.9 Å². The standard InChI is InChI=1S/C14H20FNO4S/c1-9-11(15)7-10(13(17)18)8-12(9)21(19,20)16-6-5-14(2,3)4/h7-8,16H,5-6H2,1-4H3,(H,17,18). The molecule has 0 unspecified atom stereocenters. The summed E-state index contributed by atoms with van der Waals surface area (Å²) in [6.07, 6.45) is 0.604. The molecule has 0 aliphatic rings. The molecule has 0 amide bonds. The maximum atomic E-state index is 13.7. The van der Waals surface area contributed by atoms with E-state index in [-0.39, 0.29) is 22.4 Å². The largest absolute Gasteiger partial charge is 0.478 e. The van der Waals surface area contributed by atoms with Crippen molar-refractivity contribution in [3.63, 3.8) is 0 Å². The van der Waals surface area contributed by atoms with E-state index in [1.165, 1.54) is 6.92 Å². The van der Waals surface area contributed by atoms with Crippen LogP contribution in [0.4, 0.5) is 4.39 Å². The molecule has 7 heteroatoms. The van der Waals surface area contributed by atoms with Gasteiger partial charge in [0.25, 0.3) is 0 Å². The van der Waals surface area contributed by atoms with Gasteiger partial charge in [0.2, 0.25) is 10.0 Å². The van der Waals surface area contributed by atoms with Gasteiger partial charge < -0.3 is 5.11 Å². The molecule has 0 heterocycles. The average molecular weight is 317 g/mol. The molecular weight excluding hydrogens is 297 g/mol. The van der Waals surface area contributed by atoms with E-state index in [2.05, 4.69) is 4.72 Å². The average Bonchev–Trinajstić information content (AvgIpc) is 2.29. The maximum absolute atomic E-state index is 13.7. The van der Waals surface area contributed by atoms with E-state index in [1.807, 2.05) is 20.8 Å². The van der Waals surface area contributed by atoms with Crippen LogP contribution in [-0.4, -0.2) is 26.0 Å². The van der Waals surface area contributed by atoms with Crippen molar-refractivity contribution in [3.05, 3.63) is 29.1 Å². The van der Waals surface area contributed by atoms with Crippen molar-refractivity contribution in [2.75, 3.05) is 6.54 Å². The number of sulfonamides is 1. The summed E-state index contributed by atoms with van der Waals surface area (Å²) in [5.41, 5.74) is -0.538. The van der Waals surface area contributed by atoms with Gasteiger partial charge in [0.05, 0.1) is 10.5 Å². The summed E-state index contributed by atoms with van der Waals surface area (Å²) in [6, 6.07) is 1.78. The predicted octanol–water partition coefficient (Wildman–Crippen LogP) is 2.55. The van der Waals surface area contributed by atoms with E-state index in [0.29, 0.717) is 6.42 Å². The van der Waals surface area contributed by atoms with Crippen molar-refractivity contribution < 1.29 is 22.7 Å². The summed E-state index contributed by atoms with van der Waals surface area (Å²) in [7, 11) is -3.95. The number of rotatable bonds is 5. The number of benzene rings is 1. The van der Waals surface area contributed by atoms with Gasteiger partial charge in [0.15, 0.2) is 0 Å². The molecule has 0 aromatic heterocycles. The van der Waals surface area contributed by atoms with Gasteiger partial charge in [-0.1, -0.05) is 20.8 Å². The van der Waals surface area contributed by atoms with Crippen LogP contribution in [0.25, 0.3) is 0 Å². The molecule has 0 bridgehead atoms. The number of aromatic carboxylic acids is 1. The van der Waals surface area contributed by atoms with Crippen LogP contribution in [0.3, 0.4) is 0 Å². The molecule has 2 N–H and O–H groups in total. The molecular formula is C14H20FNO4S. The molecule has 0 fully saturated rings. The Kier molecular flexibility index (Phi) is 5.11. The smallest absolute Gasteiger partial charge is 0.335 e. The molecule has 0 saturated carbocycles. The Hall–Kier alpha value is -1.47. The van der Waals surface area contributed by atoms with Gasteiger partial charge in [-0.15, -0.1) is 0 Å². The molecule has 1 aromatic rings. The van der Waals surface area contributed by atoms with E-state index < -0.39 is 27.4 Å². The minimum Gasteiger partial charge on any atom is -0.478 e. The van der Waals surface area contributed by atoms with Crippen LogP contribution in [0.1, 0.15) is 43.1 Å². The van der Waals surface area contributed by atoms with E-state index in [0.717, 1.165) is 12.1 Å². The summed E-state index contributed by atoms with van der Waals surface area (Å²) < 4.78 is 40.5. The summed E-state index contributed by atoms with van der Waals surface area (Å²) in [5.74, 6) is -2.23. The van der Waals surface area contributed by atoms with Crippen molar-refractivity contribution in [1.82, 2.24) is 4.72 Å². The molecule has 0 aliphatic heterocycles. The zero-order chi connectivity index (χ0) is 16.4. The third kappa shape index (κ3) is 4.78. The third-order valence-electron chi connectivity index (χ3n) is 3.00. The number of halogens is 1. The van der Waals surface area contributed by atoms with Crippen molar-refractivity contribution in [2.24, 2.45) is 5.41 Å². The van der Waals surface area contributed by atoms with E-state index in [1.54, 1.807) is 0 Å². The molecule has 0 spiro atoms. The highest BCUT2D eigenvalue weighted by atomic mass is 32.2. The van der Waals surface area contributed by atoms with Crippen molar-refractivity contribution in [1.29, 1.82) is 0 Å². The lowest BCUT2D eigenvalue weighted by Gasteiger charge is -2.18. The van der Waals surface area contributed by atoms with Crippen LogP contribution in [0.5, 0.6) is 0 Å². The molecule has 0 radical (unpaired) electrons. The van der Waals surface area contributed by atoms with E-state index in [9.17, 15) is 17.6 Å². The van der Waals surface area contributed by atoms with Gasteiger partial charge in [-0.2, -0.15) is 0 Å². The van der Waals surface area contributed by atoms with Crippen LogP contribution in [-0.2, 0) is 10.0 Å². The lowest BCUT2D eigenvalue weighted by Crippen LogP contribution is -2.28. The van der Waals surface area contributed by atoms with Crippen LogP contribution in [0.15, 0.2) is 17.0 Å². The SMILES string of the molecule is Cc1c(F)cc(C(=O)O)cc1S(=O)(=O)NCCC(C)(C)C. The normalized spacial score (nSPS) is 12.4. The topological polar surface area (TPSA) is 83.5 Å². The van der Waals surface area contributed by atoms with Gasteiger partial charge in [0.1, 0.15) is 5.82 Å². The molecule has 118 valence electrons. The molecule has 0 atom stereocenters. The number of nitrogens with one attached hydrogen (secondary N) is 1. The zero-order valence-electron chi connectivity index (χ0n) is 12.5. The second kappa shape index (κ2) is 6.11. The zero-order valence-corrected chi connectivity index (χ0v) is 13.3. The fourth-order valence-electron chi connectivity index (χ4n) is 1.69. The summed E-state index contributed by atoms with van der Waals surface area (Å²) >= 11 is 0. The quantitative estimate of drug-likeness (QED) is 0.874. The number of carboxylic acid groups (broad SMARTS) is 1. The summed E-state index contributed by atoms with van der Waals surface area (Å²) in [5, 5.41) is 8.89. The van der Waals surface area contributed by atoms with Crippen LogP contribution in [0.2, 0.25) is 0 Å². The number of hydrogen-bond donors (Lipinski definition) is 2. The number of hydrogen-bond acceptors (Lipinski definition) is 3. The van der Waals surface area contributed by atoms with Crippen molar-refractivity contribution in [2.45, 2.75) is 39.0 Å². The highest BCUT2D eigenvalue weighted by molar-refractivity contribution is 7.89. The van der Waals surface area contributed by atoms with Gasteiger partial charge in [-0.3, -0.25) is 0 Å². The van der Waals surface area contributed by atoms with Crippen LogP contribution >= 0.6 is 0 Å². The molecule has 1 aromatic carbocycles. The molecule has 0 aliphatic carbocycles. The minimum absolute atomic E-state index is 0.0499. The van der Waals surface area contributed by atoms with Gasteiger partial charge in [0, 0.05) is 12.1 Å². The summed E-state index contributed by atoms with van der Waals surface area (Å²) in [4.78, 5) is 10.6. The van der Waals surface area contributed by atoms with Crippen molar-refractivity contribution >= 4 is 16.0 Å². The van der Waals surface area contributed by atoms with Crippen LogP contribution < -0.4 is 4.72 Å². The van der Waals surface area contributed by atoms with Crippen LogP contribution in [0, 0.1) is 18.2 Å². The Bertz CT molecular complexity index is 648. The summed E-state index contributed by atoms with van der Waals surface area (Å²) in [6.45, 7) is 7.41. The Labute approximate surface area is 124 Å². The highest BCUT2D eigenvalue weighted by Crippen LogP contribution is 2.22. The molecule has 5 nitrogen and oxygen atoms in total. The first-order valence-electron chi connectivity index (χ1n) is 6.47. The lowest BCUT2D eigenvalue weighted by atomic mass is 9.93. The van der Waals surface area contributed by atoms with Gasteiger partial charge >= 0.3 is 5.97 Å². The molecule has 21 heavy (non-hydrogen) atoms. The lowest BCUT2D eigenvalue weighted by molar-refractivity contribution is 0.0696. The maximum Gasteiger partial charge on any atom is 0.335 e. The third-order valence-corrected chi connectivity index (χ3v) is 4.59. The van der Waals surface area contributed by atoms with E-state index >= 15 is 0 Å². The second-order valence-corrected chi connectivity index (χ2v) is 7.83. The predicted molar refractivity (Wildman–Crippen MR) is 77.4 cm³/mol. The Morgan fingerprint density at radius 1 is 1.33 bits per heavy atom. The van der Waals surface area contributed by atoms with E-state index in [4.69, 9.17) is 5.11 Å². The minimum atomic E-state index is -3.95. The first-order chi connectivity index (χ1) is 9.44. The molecule has 0 saturated heterocycles. The van der Waals surface area contributed by atoms with Gasteiger partial charge in [-0.25, -0.2) is 22.3 Å². The Morgan fingerprint density at radius 3 is 2.38 bits per heavy atom. The number of carboxylic acids is 1.